The number of benzene rings is 1. The van der Waals surface area contributed by atoms with Crippen LogP contribution in [0.3, 0.4) is 0 Å². The standard InChI is InChI=1S/C16H26ClNOS/c1-12(2)18-16(4,11-19)9-13(3)20-10-14-7-5-6-8-15(14)17/h5-8,12-13,18-19H,9-11H2,1-4H3. The molecule has 1 aromatic carbocycles. The normalized spacial score (nSPS) is 16.1. The molecule has 0 saturated heterocycles. The lowest BCUT2D eigenvalue weighted by Gasteiger charge is -2.33. The Hall–Kier alpha value is -0.220. The average molecular weight is 316 g/mol. The highest BCUT2D eigenvalue weighted by Crippen LogP contribution is 2.27. The van der Waals surface area contributed by atoms with Crippen LogP contribution in [0.1, 0.15) is 39.7 Å². The average Bonchev–Trinajstić information content (AvgIpc) is 2.36. The molecule has 2 N–H and O–H groups in total. The summed E-state index contributed by atoms with van der Waals surface area (Å²) in [4.78, 5) is 0. The van der Waals surface area contributed by atoms with Crippen molar-refractivity contribution < 1.29 is 5.11 Å². The maximum Gasteiger partial charge on any atom is 0.0611 e. The summed E-state index contributed by atoms with van der Waals surface area (Å²) in [5.74, 6) is 0.907. The van der Waals surface area contributed by atoms with Gasteiger partial charge in [0.15, 0.2) is 0 Å². The van der Waals surface area contributed by atoms with Gasteiger partial charge >= 0.3 is 0 Å². The Morgan fingerprint density at radius 1 is 1.30 bits per heavy atom. The van der Waals surface area contributed by atoms with Crippen molar-refractivity contribution in [1.29, 1.82) is 0 Å². The first kappa shape index (κ1) is 17.8. The monoisotopic (exact) mass is 315 g/mol. The lowest BCUT2D eigenvalue weighted by molar-refractivity contribution is 0.157. The minimum absolute atomic E-state index is 0.155. The molecule has 0 aromatic heterocycles. The molecule has 114 valence electrons. The molecule has 2 atom stereocenters. The van der Waals surface area contributed by atoms with E-state index in [1.54, 1.807) is 0 Å². The summed E-state index contributed by atoms with van der Waals surface area (Å²) in [5.41, 5.74) is 0.953. The molecule has 0 amide bonds. The van der Waals surface area contributed by atoms with Crippen LogP contribution >= 0.6 is 23.4 Å². The SMILES string of the molecule is CC(C)NC(C)(CO)CC(C)SCc1ccccc1Cl. The van der Waals surface area contributed by atoms with Gasteiger partial charge in [-0.25, -0.2) is 0 Å². The molecule has 0 radical (unpaired) electrons. The van der Waals surface area contributed by atoms with E-state index < -0.39 is 0 Å². The number of hydrogen-bond acceptors (Lipinski definition) is 3. The van der Waals surface area contributed by atoms with Crippen LogP contribution in [0.2, 0.25) is 5.02 Å². The van der Waals surface area contributed by atoms with Crippen LogP contribution in [0.15, 0.2) is 24.3 Å². The van der Waals surface area contributed by atoms with Crippen LogP contribution in [-0.2, 0) is 5.75 Å². The predicted octanol–water partition coefficient (Wildman–Crippen LogP) is 4.10. The van der Waals surface area contributed by atoms with Gasteiger partial charge in [0.25, 0.3) is 0 Å². The van der Waals surface area contributed by atoms with Gasteiger partial charge in [0.1, 0.15) is 0 Å². The highest BCUT2D eigenvalue weighted by Gasteiger charge is 2.26. The third kappa shape index (κ3) is 6.04. The molecule has 0 aliphatic carbocycles. The van der Waals surface area contributed by atoms with E-state index in [0.29, 0.717) is 11.3 Å². The largest absolute Gasteiger partial charge is 0.394 e. The van der Waals surface area contributed by atoms with E-state index in [2.05, 4.69) is 39.1 Å². The smallest absolute Gasteiger partial charge is 0.0611 e. The number of aliphatic hydroxyl groups is 1. The molecule has 0 heterocycles. The molecule has 2 nitrogen and oxygen atoms in total. The molecular formula is C16H26ClNOS. The van der Waals surface area contributed by atoms with E-state index in [4.69, 9.17) is 11.6 Å². The summed E-state index contributed by atoms with van der Waals surface area (Å²) in [7, 11) is 0. The maximum absolute atomic E-state index is 9.62. The zero-order chi connectivity index (χ0) is 15.2. The third-order valence-corrected chi connectivity index (χ3v) is 4.79. The van der Waals surface area contributed by atoms with Crippen LogP contribution in [0.5, 0.6) is 0 Å². The van der Waals surface area contributed by atoms with Gasteiger partial charge in [-0.3, -0.25) is 0 Å². The first-order valence-electron chi connectivity index (χ1n) is 7.10. The maximum atomic E-state index is 9.62. The van der Waals surface area contributed by atoms with Crippen molar-refractivity contribution >= 4 is 23.4 Å². The van der Waals surface area contributed by atoms with Crippen molar-refractivity contribution in [1.82, 2.24) is 5.32 Å². The molecular weight excluding hydrogens is 290 g/mol. The van der Waals surface area contributed by atoms with Crippen LogP contribution in [0.25, 0.3) is 0 Å². The minimum atomic E-state index is -0.221. The number of hydrogen-bond donors (Lipinski definition) is 2. The first-order chi connectivity index (χ1) is 9.36. The summed E-state index contributed by atoms with van der Waals surface area (Å²) in [6, 6.07) is 8.34. The summed E-state index contributed by atoms with van der Waals surface area (Å²) < 4.78 is 0. The minimum Gasteiger partial charge on any atom is -0.394 e. The van der Waals surface area contributed by atoms with Crippen molar-refractivity contribution in [3.63, 3.8) is 0 Å². The molecule has 20 heavy (non-hydrogen) atoms. The molecule has 0 aliphatic rings. The van der Waals surface area contributed by atoms with Gasteiger partial charge in [0, 0.05) is 27.6 Å². The topological polar surface area (TPSA) is 32.3 Å². The molecule has 0 fully saturated rings. The van der Waals surface area contributed by atoms with Crippen molar-refractivity contribution in [2.45, 2.75) is 56.7 Å². The summed E-state index contributed by atoms with van der Waals surface area (Å²) in [6.07, 6.45) is 0.927. The third-order valence-electron chi connectivity index (χ3n) is 3.21. The van der Waals surface area contributed by atoms with Crippen LogP contribution in [-0.4, -0.2) is 28.5 Å². The van der Waals surface area contributed by atoms with Gasteiger partial charge in [-0.05, 0) is 25.0 Å². The predicted molar refractivity (Wildman–Crippen MR) is 90.6 cm³/mol. The molecule has 0 bridgehead atoms. The Morgan fingerprint density at radius 2 is 1.95 bits per heavy atom. The fourth-order valence-corrected chi connectivity index (χ4v) is 3.89. The number of halogens is 1. The van der Waals surface area contributed by atoms with Gasteiger partial charge in [-0.2, -0.15) is 11.8 Å². The molecule has 0 saturated carbocycles. The summed E-state index contributed by atoms with van der Waals surface area (Å²) in [6.45, 7) is 8.66. The van der Waals surface area contributed by atoms with Gasteiger partial charge in [-0.1, -0.05) is 50.6 Å². The molecule has 1 rings (SSSR count). The zero-order valence-electron chi connectivity index (χ0n) is 12.8. The van der Waals surface area contributed by atoms with Crippen LogP contribution in [0.4, 0.5) is 0 Å². The zero-order valence-corrected chi connectivity index (χ0v) is 14.4. The highest BCUT2D eigenvalue weighted by atomic mass is 35.5. The Labute approximate surface area is 132 Å². The molecule has 0 aliphatic heterocycles. The molecule has 0 spiro atoms. The van der Waals surface area contributed by atoms with Crippen molar-refractivity contribution in [3.8, 4) is 0 Å². The van der Waals surface area contributed by atoms with Crippen LogP contribution < -0.4 is 5.32 Å². The fraction of sp³-hybridized carbons (Fsp3) is 0.625. The number of nitrogens with one attached hydrogen (secondary N) is 1. The van der Waals surface area contributed by atoms with E-state index in [1.807, 2.05) is 30.0 Å². The van der Waals surface area contributed by atoms with E-state index in [1.165, 1.54) is 5.56 Å². The second-order valence-electron chi connectivity index (χ2n) is 5.93. The summed E-state index contributed by atoms with van der Waals surface area (Å²) >= 11 is 8.05. The lowest BCUT2D eigenvalue weighted by Crippen LogP contribution is -2.50. The Balaban J connectivity index is 2.50. The van der Waals surface area contributed by atoms with E-state index in [9.17, 15) is 5.11 Å². The number of aliphatic hydroxyl groups excluding tert-OH is 1. The van der Waals surface area contributed by atoms with Crippen molar-refractivity contribution in [3.05, 3.63) is 34.9 Å². The Morgan fingerprint density at radius 3 is 2.50 bits per heavy atom. The van der Waals surface area contributed by atoms with E-state index in [-0.39, 0.29) is 12.1 Å². The Bertz CT molecular complexity index is 413. The molecule has 2 unspecified atom stereocenters. The van der Waals surface area contributed by atoms with E-state index in [0.717, 1.165) is 17.2 Å². The van der Waals surface area contributed by atoms with Gasteiger partial charge in [0.2, 0.25) is 0 Å². The van der Waals surface area contributed by atoms with E-state index >= 15 is 0 Å². The van der Waals surface area contributed by atoms with Gasteiger partial charge < -0.3 is 10.4 Å². The molecule has 4 heteroatoms. The van der Waals surface area contributed by atoms with Gasteiger partial charge in [0.05, 0.1) is 6.61 Å². The number of rotatable bonds is 8. The summed E-state index contributed by atoms with van der Waals surface area (Å²) in [5, 5.41) is 14.4. The second kappa shape index (κ2) is 8.28. The van der Waals surface area contributed by atoms with Crippen molar-refractivity contribution in [2.75, 3.05) is 6.61 Å². The fourth-order valence-electron chi connectivity index (χ4n) is 2.41. The quantitative estimate of drug-likeness (QED) is 0.757. The molecule has 1 aromatic rings. The second-order valence-corrected chi connectivity index (χ2v) is 7.77. The van der Waals surface area contributed by atoms with Gasteiger partial charge in [-0.15, -0.1) is 0 Å². The number of thioether (sulfide) groups is 1. The lowest BCUT2D eigenvalue weighted by atomic mass is 9.96. The highest BCUT2D eigenvalue weighted by molar-refractivity contribution is 7.99. The first-order valence-corrected chi connectivity index (χ1v) is 8.52. The van der Waals surface area contributed by atoms with Crippen LogP contribution in [0, 0.1) is 0 Å². The Kier molecular flexibility index (Phi) is 7.38. The van der Waals surface area contributed by atoms with Crippen molar-refractivity contribution in [2.24, 2.45) is 0 Å².